The first-order chi connectivity index (χ1) is 16.1. The molecule has 0 unspecified atom stereocenters. The van der Waals surface area contributed by atoms with Gasteiger partial charge in [-0.3, -0.25) is 9.78 Å². The average Bonchev–Trinajstić information content (AvgIpc) is 3.24. The zero-order valence-electron chi connectivity index (χ0n) is 17.8. The zero-order valence-corrected chi connectivity index (χ0v) is 20.1. The van der Waals surface area contributed by atoms with E-state index in [1.54, 1.807) is 23.0 Å². The van der Waals surface area contributed by atoms with Gasteiger partial charge in [0.25, 0.3) is 5.91 Å². The fraction of sp³-hybridized carbons (Fsp3) is 0.250. The van der Waals surface area contributed by atoms with Crippen LogP contribution in [0.1, 0.15) is 23.3 Å². The maximum atomic E-state index is 12.6. The minimum Gasteiger partial charge on any atom is -0.370 e. The average molecular weight is 526 g/mol. The van der Waals surface area contributed by atoms with Gasteiger partial charge in [0.2, 0.25) is 0 Å². The molecule has 4 heterocycles. The Morgan fingerprint density at radius 3 is 2.70 bits per heavy atom. The number of rotatable bonds is 5. The first kappa shape index (κ1) is 21.9. The molecule has 0 radical (unpaired) electrons. The summed E-state index contributed by atoms with van der Waals surface area (Å²) in [5.41, 5.74) is 2.89. The lowest BCUT2D eigenvalue weighted by Gasteiger charge is -2.32. The maximum absolute atomic E-state index is 12.6. The van der Waals surface area contributed by atoms with Crippen molar-refractivity contribution in [2.24, 2.45) is 5.92 Å². The van der Waals surface area contributed by atoms with Crippen molar-refractivity contribution in [1.82, 2.24) is 24.5 Å². The van der Waals surface area contributed by atoms with Gasteiger partial charge in [-0.15, -0.1) is 0 Å². The molecule has 1 saturated heterocycles. The van der Waals surface area contributed by atoms with Crippen molar-refractivity contribution in [3.63, 3.8) is 0 Å². The number of nitrogens with one attached hydrogen (secondary N) is 1. The SMILES string of the molecule is O=C(c1ccccn1)N1CCC(CNc2cc(-c3ccccc3Cl)nc3c(Br)cnn23)CC1. The molecule has 1 aliphatic heterocycles. The van der Waals surface area contributed by atoms with Gasteiger partial charge in [-0.25, -0.2) is 4.98 Å². The molecule has 0 saturated carbocycles. The molecule has 9 heteroatoms. The van der Waals surface area contributed by atoms with E-state index in [2.05, 4.69) is 31.3 Å². The van der Waals surface area contributed by atoms with Crippen LogP contribution in [0.2, 0.25) is 5.02 Å². The Bertz CT molecular complexity index is 1290. The molecule has 1 fully saturated rings. The summed E-state index contributed by atoms with van der Waals surface area (Å²) < 4.78 is 2.62. The largest absolute Gasteiger partial charge is 0.370 e. The van der Waals surface area contributed by atoms with Gasteiger partial charge in [0.15, 0.2) is 5.65 Å². The molecule has 33 heavy (non-hydrogen) atoms. The van der Waals surface area contributed by atoms with E-state index in [1.165, 1.54) is 0 Å². The summed E-state index contributed by atoms with van der Waals surface area (Å²) in [6.45, 7) is 2.24. The Labute approximate surface area is 204 Å². The molecule has 0 atom stereocenters. The van der Waals surface area contributed by atoms with E-state index in [9.17, 15) is 4.79 Å². The second kappa shape index (κ2) is 9.49. The number of hydrogen-bond donors (Lipinski definition) is 1. The monoisotopic (exact) mass is 524 g/mol. The van der Waals surface area contributed by atoms with E-state index in [4.69, 9.17) is 16.6 Å². The van der Waals surface area contributed by atoms with E-state index in [0.717, 1.165) is 59.7 Å². The molecule has 0 aliphatic carbocycles. The number of carbonyl (C=O) groups excluding carboxylic acids is 1. The van der Waals surface area contributed by atoms with Gasteiger partial charge in [0.05, 0.1) is 16.4 Å². The van der Waals surface area contributed by atoms with Gasteiger partial charge in [-0.1, -0.05) is 35.9 Å². The number of pyridine rings is 1. The summed E-state index contributed by atoms with van der Waals surface area (Å²) in [6, 6.07) is 15.1. The number of aromatic nitrogens is 4. The molecule has 0 bridgehead atoms. The fourth-order valence-corrected chi connectivity index (χ4v) is 4.69. The fourth-order valence-electron chi connectivity index (χ4n) is 4.11. The molecule has 3 aromatic heterocycles. The van der Waals surface area contributed by atoms with Gasteiger partial charge in [0, 0.05) is 42.5 Å². The smallest absolute Gasteiger partial charge is 0.272 e. The van der Waals surface area contributed by atoms with Crippen LogP contribution in [0, 0.1) is 5.92 Å². The Hall–Kier alpha value is -2.97. The quantitative estimate of drug-likeness (QED) is 0.389. The van der Waals surface area contributed by atoms with Gasteiger partial charge >= 0.3 is 0 Å². The number of anilines is 1. The second-order valence-corrected chi connectivity index (χ2v) is 9.33. The van der Waals surface area contributed by atoms with E-state index >= 15 is 0 Å². The normalized spacial score (nSPS) is 14.5. The van der Waals surface area contributed by atoms with Crippen molar-refractivity contribution < 1.29 is 4.79 Å². The second-order valence-electron chi connectivity index (χ2n) is 8.07. The number of halogens is 2. The van der Waals surface area contributed by atoms with Crippen LogP contribution >= 0.6 is 27.5 Å². The van der Waals surface area contributed by atoms with Crippen molar-refractivity contribution in [3.05, 3.63) is 76.1 Å². The van der Waals surface area contributed by atoms with Crippen LogP contribution in [0.4, 0.5) is 5.82 Å². The molecule has 1 N–H and O–H groups in total. The van der Waals surface area contributed by atoms with Crippen molar-refractivity contribution in [2.75, 3.05) is 25.0 Å². The van der Waals surface area contributed by atoms with E-state index in [0.29, 0.717) is 16.6 Å². The van der Waals surface area contributed by atoms with Crippen molar-refractivity contribution >= 4 is 44.9 Å². The summed E-state index contributed by atoms with van der Waals surface area (Å²) in [5, 5.41) is 8.67. The molecule has 168 valence electrons. The molecule has 7 nitrogen and oxygen atoms in total. The molecule has 0 spiro atoms. The lowest BCUT2D eigenvalue weighted by atomic mass is 9.96. The van der Waals surface area contributed by atoms with E-state index in [1.807, 2.05) is 47.4 Å². The van der Waals surface area contributed by atoms with Crippen molar-refractivity contribution in [3.8, 4) is 11.3 Å². The van der Waals surface area contributed by atoms with Crippen LogP contribution in [0.3, 0.4) is 0 Å². The molecular weight excluding hydrogens is 504 g/mol. The Kier molecular flexibility index (Phi) is 6.28. The minimum absolute atomic E-state index is 0.00336. The number of carbonyl (C=O) groups is 1. The summed E-state index contributed by atoms with van der Waals surface area (Å²) in [6.07, 6.45) is 5.26. The molecule has 1 aliphatic rings. The highest BCUT2D eigenvalue weighted by molar-refractivity contribution is 9.10. The first-order valence-corrected chi connectivity index (χ1v) is 12.0. The molecule has 1 amide bonds. The highest BCUT2D eigenvalue weighted by Gasteiger charge is 2.24. The van der Waals surface area contributed by atoms with Gasteiger partial charge < -0.3 is 10.2 Å². The standard InChI is InChI=1S/C24H22BrClN6O/c25-18-15-29-32-22(13-21(30-23(18)32)17-5-1-2-6-19(17)26)28-14-16-8-11-31(12-9-16)24(33)20-7-3-4-10-27-20/h1-7,10,13,15-16,28H,8-9,11-12,14H2. The first-order valence-electron chi connectivity index (χ1n) is 10.8. The lowest BCUT2D eigenvalue weighted by molar-refractivity contribution is 0.0689. The third-order valence-corrected chi connectivity index (χ3v) is 6.83. The van der Waals surface area contributed by atoms with E-state index in [-0.39, 0.29) is 5.91 Å². The number of benzene rings is 1. The Morgan fingerprint density at radius 2 is 1.94 bits per heavy atom. The summed E-state index contributed by atoms with van der Waals surface area (Å²) in [4.78, 5) is 23.5. The summed E-state index contributed by atoms with van der Waals surface area (Å²) >= 11 is 9.97. The predicted molar refractivity (Wildman–Crippen MR) is 132 cm³/mol. The number of fused-ring (bicyclic) bond motifs is 1. The van der Waals surface area contributed by atoms with Crippen molar-refractivity contribution in [1.29, 1.82) is 0 Å². The van der Waals surface area contributed by atoms with Crippen LogP contribution in [0.5, 0.6) is 0 Å². The summed E-state index contributed by atoms with van der Waals surface area (Å²) in [7, 11) is 0. The molecule has 5 rings (SSSR count). The number of amides is 1. The van der Waals surface area contributed by atoms with Gasteiger partial charge in [-0.2, -0.15) is 9.61 Å². The highest BCUT2D eigenvalue weighted by Crippen LogP contribution is 2.30. The van der Waals surface area contributed by atoms with Gasteiger partial charge in [-0.05, 0) is 52.9 Å². The third kappa shape index (κ3) is 4.58. The molecule has 4 aromatic rings. The number of hydrogen-bond acceptors (Lipinski definition) is 5. The van der Waals surface area contributed by atoms with Crippen LogP contribution < -0.4 is 5.32 Å². The highest BCUT2D eigenvalue weighted by atomic mass is 79.9. The maximum Gasteiger partial charge on any atom is 0.272 e. The topological polar surface area (TPSA) is 75.4 Å². The van der Waals surface area contributed by atoms with Crippen LogP contribution in [-0.4, -0.2) is 50.0 Å². The van der Waals surface area contributed by atoms with Crippen LogP contribution in [0.25, 0.3) is 16.9 Å². The number of nitrogens with zero attached hydrogens (tertiary/aromatic N) is 5. The van der Waals surface area contributed by atoms with Crippen LogP contribution in [-0.2, 0) is 0 Å². The zero-order chi connectivity index (χ0) is 22.8. The number of piperidine rings is 1. The lowest BCUT2D eigenvalue weighted by Crippen LogP contribution is -2.40. The Morgan fingerprint density at radius 1 is 1.15 bits per heavy atom. The van der Waals surface area contributed by atoms with Crippen LogP contribution in [0.15, 0.2) is 65.4 Å². The third-order valence-electron chi connectivity index (χ3n) is 5.94. The summed E-state index contributed by atoms with van der Waals surface area (Å²) in [5.74, 6) is 1.31. The molecule has 1 aromatic carbocycles. The number of likely N-dealkylation sites (tertiary alicyclic amines) is 1. The Balaban J connectivity index is 1.29. The minimum atomic E-state index is 0.00336. The molecular formula is C24H22BrClN6O. The van der Waals surface area contributed by atoms with Gasteiger partial charge in [0.1, 0.15) is 11.5 Å². The predicted octanol–water partition coefficient (Wildman–Crippen LogP) is 5.17. The van der Waals surface area contributed by atoms with E-state index < -0.39 is 0 Å². The van der Waals surface area contributed by atoms with Crippen molar-refractivity contribution in [2.45, 2.75) is 12.8 Å².